The van der Waals surface area contributed by atoms with Gasteiger partial charge in [0.25, 0.3) is 17.9 Å². The summed E-state index contributed by atoms with van der Waals surface area (Å²) in [6, 6.07) is -1.11. The van der Waals surface area contributed by atoms with Gasteiger partial charge in [0.05, 0.1) is 12.2 Å². The van der Waals surface area contributed by atoms with Crippen LogP contribution < -0.4 is 10.9 Å². The number of rotatable bonds is 7. The van der Waals surface area contributed by atoms with E-state index in [1.807, 2.05) is 13.8 Å². The highest BCUT2D eigenvalue weighted by Gasteiger charge is 2.34. The Morgan fingerprint density at radius 3 is 2.67 bits per heavy atom. The Bertz CT molecular complexity index is 1170. The topological polar surface area (TPSA) is 109 Å². The third-order valence-corrected chi connectivity index (χ3v) is 5.88. The zero-order chi connectivity index (χ0) is 23.9. The normalized spacial score (nSPS) is 18.8. The van der Waals surface area contributed by atoms with Crippen molar-refractivity contribution in [2.24, 2.45) is 5.92 Å². The van der Waals surface area contributed by atoms with E-state index in [4.69, 9.17) is 0 Å². The van der Waals surface area contributed by atoms with Gasteiger partial charge in [0.2, 0.25) is 11.8 Å². The number of carbonyl (C=O) groups is 2. The molecule has 9 nitrogen and oxygen atoms in total. The van der Waals surface area contributed by atoms with Crippen LogP contribution in [0.3, 0.4) is 0 Å². The maximum absolute atomic E-state index is 13.2. The largest absolute Gasteiger partial charge is 0.492 e. The van der Waals surface area contributed by atoms with E-state index in [1.54, 1.807) is 0 Å². The highest BCUT2D eigenvalue weighted by molar-refractivity contribution is 5.97. The van der Waals surface area contributed by atoms with Crippen molar-refractivity contribution >= 4 is 23.5 Å². The van der Waals surface area contributed by atoms with Gasteiger partial charge >= 0.3 is 0 Å². The van der Waals surface area contributed by atoms with Crippen LogP contribution in [0.15, 0.2) is 17.1 Å². The number of nitrogens with zero attached hydrogens (tertiary/aromatic N) is 4. The van der Waals surface area contributed by atoms with E-state index in [2.05, 4.69) is 10.4 Å². The van der Waals surface area contributed by atoms with Crippen LogP contribution in [0, 0.1) is 5.92 Å². The average Bonchev–Trinajstić information content (AvgIpc) is 3.25. The Morgan fingerprint density at radius 1 is 1.30 bits per heavy atom. The summed E-state index contributed by atoms with van der Waals surface area (Å²) in [5, 5.41) is 17.5. The van der Waals surface area contributed by atoms with E-state index in [0.717, 1.165) is 22.3 Å². The molecule has 1 saturated heterocycles. The number of hydrogen-bond acceptors (Lipinski definition) is 5. The van der Waals surface area contributed by atoms with E-state index in [-0.39, 0.29) is 42.7 Å². The number of aromatic hydroxyl groups is 1. The van der Waals surface area contributed by atoms with Gasteiger partial charge in [0.15, 0.2) is 5.56 Å². The number of likely N-dealkylation sites (tertiary alicyclic amines) is 1. The molecule has 2 aromatic rings. The first kappa shape index (κ1) is 22.9. The average molecular weight is 463 g/mol. The van der Waals surface area contributed by atoms with Gasteiger partial charge in [-0.1, -0.05) is 13.8 Å². The minimum atomic E-state index is -2.62. The van der Waals surface area contributed by atoms with Crippen LogP contribution in [0.25, 0.3) is 11.7 Å². The van der Waals surface area contributed by atoms with Gasteiger partial charge in [-0.15, -0.1) is 0 Å². The third-order valence-electron chi connectivity index (χ3n) is 5.88. The van der Waals surface area contributed by atoms with Gasteiger partial charge in [-0.2, -0.15) is 9.61 Å². The van der Waals surface area contributed by atoms with Crippen molar-refractivity contribution in [1.82, 2.24) is 24.4 Å². The van der Waals surface area contributed by atoms with Gasteiger partial charge in [-0.3, -0.25) is 19.0 Å². The predicted molar refractivity (Wildman–Crippen MR) is 116 cm³/mol. The highest BCUT2D eigenvalue weighted by Crippen LogP contribution is 2.25. The standard InChI is InChI=1S/C22H27F2N5O4/c1-12(2)11-28-20-13(5-8-16(30)27-9-3-4-15(27)18(23)24)10-25-29(20)22(33)17(21(28)32)19(31)26-14-6-7-14/h5,8,10,12,14-15,18,33H,3-4,6-7,9,11H2,1-2H3,(H,26,31)/b8-5+/t15-/m1/s1. The quantitative estimate of drug-likeness (QED) is 0.611. The molecule has 1 atom stereocenters. The van der Waals surface area contributed by atoms with Gasteiger partial charge in [-0.25, -0.2) is 8.78 Å². The van der Waals surface area contributed by atoms with Crippen molar-refractivity contribution in [2.75, 3.05) is 6.54 Å². The zero-order valence-corrected chi connectivity index (χ0v) is 18.5. The molecule has 2 fully saturated rings. The monoisotopic (exact) mass is 463 g/mol. The fraction of sp³-hybridized carbons (Fsp3) is 0.545. The minimum Gasteiger partial charge on any atom is -0.492 e. The maximum Gasteiger partial charge on any atom is 0.270 e. The summed E-state index contributed by atoms with van der Waals surface area (Å²) in [5.74, 6) is -1.77. The fourth-order valence-corrected chi connectivity index (χ4v) is 4.13. The van der Waals surface area contributed by atoms with E-state index >= 15 is 0 Å². The Kier molecular flexibility index (Phi) is 6.22. The van der Waals surface area contributed by atoms with Crippen LogP contribution in [0.2, 0.25) is 0 Å². The Labute approximate surface area is 188 Å². The molecule has 3 heterocycles. The van der Waals surface area contributed by atoms with Gasteiger partial charge in [-0.05, 0) is 37.7 Å². The molecule has 4 rings (SSSR count). The van der Waals surface area contributed by atoms with Crippen LogP contribution >= 0.6 is 0 Å². The molecule has 1 saturated carbocycles. The molecule has 0 bridgehead atoms. The number of alkyl halides is 2. The zero-order valence-electron chi connectivity index (χ0n) is 18.5. The van der Waals surface area contributed by atoms with Crippen molar-refractivity contribution in [2.45, 2.75) is 64.6 Å². The first-order chi connectivity index (χ1) is 15.7. The number of nitrogens with one attached hydrogen (secondary N) is 1. The van der Waals surface area contributed by atoms with Crippen LogP contribution in [-0.2, 0) is 11.3 Å². The molecule has 33 heavy (non-hydrogen) atoms. The Morgan fingerprint density at radius 2 is 2.03 bits per heavy atom. The molecule has 2 amide bonds. The van der Waals surface area contributed by atoms with Crippen LogP contribution in [-0.4, -0.2) is 61.1 Å². The smallest absolute Gasteiger partial charge is 0.270 e. The molecular formula is C22H27F2N5O4. The molecule has 178 valence electrons. The second kappa shape index (κ2) is 8.95. The number of aromatic nitrogens is 3. The second-order valence-electron chi connectivity index (χ2n) is 9.00. The molecule has 1 aliphatic heterocycles. The lowest BCUT2D eigenvalue weighted by molar-refractivity contribution is -0.129. The molecule has 11 heteroatoms. The summed E-state index contributed by atoms with van der Waals surface area (Å²) in [7, 11) is 0. The first-order valence-corrected chi connectivity index (χ1v) is 11.1. The lowest BCUT2D eigenvalue weighted by Crippen LogP contribution is -2.38. The van der Waals surface area contributed by atoms with Crippen LogP contribution in [0.1, 0.15) is 55.5 Å². The fourth-order valence-electron chi connectivity index (χ4n) is 4.13. The van der Waals surface area contributed by atoms with E-state index < -0.39 is 35.7 Å². The van der Waals surface area contributed by atoms with E-state index in [9.17, 15) is 28.3 Å². The molecule has 0 radical (unpaired) electrons. The van der Waals surface area contributed by atoms with Crippen molar-refractivity contribution in [3.05, 3.63) is 33.8 Å². The molecule has 2 aliphatic rings. The molecule has 0 spiro atoms. The molecule has 1 aliphatic carbocycles. The van der Waals surface area contributed by atoms with Gasteiger partial charge in [0, 0.05) is 30.8 Å². The molecule has 0 unspecified atom stereocenters. The lowest BCUT2D eigenvalue weighted by atomic mass is 10.2. The maximum atomic E-state index is 13.2. The number of carbonyl (C=O) groups excluding carboxylic acids is 2. The summed E-state index contributed by atoms with van der Waals surface area (Å²) in [6.45, 7) is 4.29. The number of halogens is 2. The summed E-state index contributed by atoms with van der Waals surface area (Å²) < 4.78 is 28.8. The van der Waals surface area contributed by atoms with Crippen molar-refractivity contribution in [3.8, 4) is 5.88 Å². The summed E-state index contributed by atoms with van der Waals surface area (Å²) >= 11 is 0. The SMILES string of the molecule is CC(C)Cn1c(=O)c(C(=O)NC2CC2)c(O)n2ncc(/C=C/C(=O)N3CCC[C@@H]3C(F)F)c12. The Balaban J connectivity index is 1.74. The molecular weight excluding hydrogens is 436 g/mol. The number of fused-ring (bicyclic) bond motifs is 1. The van der Waals surface area contributed by atoms with E-state index in [1.165, 1.54) is 22.9 Å². The summed E-state index contributed by atoms with van der Waals surface area (Å²) in [6.07, 6.45) is 3.71. The van der Waals surface area contributed by atoms with Gasteiger partial charge < -0.3 is 15.3 Å². The molecule has 2 N–H and O–H groups in total. The third kappa shape index (κ3) is 4.49. The number of amides is 2. The highest BCUT2D eigenvalue weighted by atomic mass is 19.3. The summed E-state index contributed by atoms with van der Waals surface area (Å²) in [5.41, 5.74) is -0.490. The molecule has 0 aromatic carbocycles. The molecule has 2 aromatic heterocycles. The second-order valence-corrected chi connectivity index (χ2v) is 9.00. The Hall–Kier alpha value is -3.24. The lowest BCUT2D eigenvalue weighted by Gasteiger charge is -2.22. The van der Waals surface area contributed by atoms with E-state index in [0.29, 0.717) is 12.0 Å². The van der Waals surface area contributed by atoms with Crippen LogP contribution in [0.5, 0.6) is 5.88 Å². The van der Waals surface area contributed by atoms with Crippen molar-refractivity contribution < 1.29 is 23.5 Å². The van der Waals surface area contributed by atoms with Gasteiger partial charge in [0.1, 0.15) is 5.65 Å². The number of hydrogen-bond donors (Lipinski definition) is 2. The predicted octanol–water partition coefficient (Wildman–Crippen LogP) is 2.02. The first-order valence-electron chi connectivity index (χ1n) is 11.1. The van der Waals surface area contributed by atoms with Crippen LogP contribution in [0.4, 0.5) is 8.78 Å². The summed E-state index contributed by atoms with van der Waals surface area (Å²) in [4.78, 5) is 39.5. The van der Waals surface area contributed by atoms with Crippen molar-refractivity contribution in [1.29, 1.82) is 0 Å². The minimum absolute atomic E-state index is 0.00433. The van der Waals surface area contributed by atoms with Crippen molar-refractivity contribution in [3.63, 3.8) is 0 Å².